The van der Waals surface area contributed by atoms with Crippen molar-refractivity contribution < 1.29 is 9.53 Å². The van der Waals surface area contributed by atoms with Crippen LogP contribution in [-0.4, -0.2) is 11.5 Å². The van der Waals surface area contributed by atoms with Gasteiger partial charge < -0.3 is 4.74 Å². The van der Waals surface area contributed by atoms with Gasteiger partial charge in [-0.15, -0.1) is 0 Å². The molecule has 0 radical (unpaired) electrons. The van der Waals surface area contributed by atoms with Gasteiger partial charge >= 0.3 is 0 Å². The van der Waals surface area contributed by atoms with Gasteiger partial charge in [-0.25, -0.2) is 4.98 Å². The van der Waals surface area contributed by atoms with Crippen LogP contribution in [-0.2, 0) is 16.1 Å². The van der Waals surface area contributed by atoms with Crippen molar-refractivity contribution in [2.45, 2.75) is 6.61 Å². The van der Waals surface area contributed by atoms with Gasteiger partial charge in [-0.1, -0.05) is 48.0 Å². The van der Waals surface area contributed by atoms with Crippen LogP contribution < -0.4 is 0 Å². The lowest BCUT2D eigenvalue weighted by atomic mass is 10.2. The molecule has 0 unspecified atom stereocenters. The van der Waals surface area contributed by atoms with E-state index >= 15 is 0 Å². The Balaban J connectivity index is 0.000000181. The molecule has 2 rings (SSSR count). The second kappa shape index (κ2) is 8.30. The second-order valence-corrected chi connectivity index (χ2v) is 3.43. The Morgan fingerprint density at radius 3 is 2.29 bits per heavy atom. The lowest BCUT2D eigenvalue weighted by Crippen LogP contribution is -1.88. The van der Waals surface area contributed by atoms with Crippen LogP contribution in [0.25, 0.3) is 0 Å². The molecule has 0 aliphatic rings. The minimum Gasteiger partial charge on any atom is -0.463 e. The number of aromatic nitrogens is 1. The monoisotopic (exact) mass is 249 g/mol. The third kappa shape index (κ3) is 6.33. The fourth-order valence-electron chi connectivity index (χ4n) is 1.05. The van der Waals surface area contributed by atoms with Crippen molar-refractivity contribution >= 4 is 18.1 Å². The van der Waals surface area contributed by atoms with Gasteiger partial charge in [0.25, 0.3) is 6.47 Å². The summed E-state index contributed by atoms with van der Waals surface area (Å²) in [5.41, 5.74) is 1.01. The summed E-state index contributed by atoms with van der Waals surface area (Å²) in [7, 11) is 0. The number of nitrogens with zero attached hydrogens (tertiary/aromatic N) is 1. The molecule has 2 aromatic rings. The predicted octanol–water partition coefficient (Wildman–Crippen LogP) is 3.09. The Morgan fingerprint density at radius 2 is 1.82 bits per heavy atom. The average molecular weight is 250 g/mol. The van der Waals surface area contributed by atoms with E-state index in [0.717, 1.165) is 5.56 Å². The minimum atomic E-state index is 0.365. The first-order valence-corrected chi connectivity index (χ1v) is 5.36. The smallest absolute Gasteiger partial charge is 0.293 e. The van der Waals surface area contributed by atoms with Crippen molar-refractivity contribution in [3.8, 4) is 0 Å². The summed E-state index contributed by atoms with van der Waals surface area (Å²) in [6.45, 7) is 0.817. The highest BCUT2D eigenvalue weighted by atomic mass is 35.5. The number of halogens is 1. The third-order valence-electron chi connectivity index (χ3n) is 1.79. The number of hydrogen-bond donors (Lipinski definition) is 0. The maximum Gasteiger partial charge on any atom is 0.293 e. The average Bonchev–Trinajstić information content (AvgIpc) is 2.39. The maximum absolute atomic E-state index is 9.76. The van der Waals surface area contributed by atoms with E-state index in [1.54, 1.807) is 12.3 Å². The first-order chi connectivity index (χ1) is 8.33. The molecular weight excluding hydrogens is 238 g/mol. The molecule has 0 atom stereocenters. The Labute approximate surface area is 105 Å². The van der Waals surface area contributed by atoms with E-state index in [1.807, 2.05) is 42.5 Å². The summed E-state index contributed by atoms with van der Waals surface area (Å²) < 4.78 is 4.54. The molecular formula is C13H12ClNO2. The number of carbonyl (C=O) groups is 1. The SMILES string of the molecule is Clc1ccccn1.O=COCc1ccccc1. The van der Waals surface area contributed by atoms with E-state index in [-0.39, 0.29) is 0 Å². The highest BCUT2D eigenvalue weighted by Crippen LogP contribution is 1.98. The van der Waals surface area contributed by atoms with Crippen LogP contribution in [0.3, 0.4) is 0 Å². The molecule has 0 spiro atoms. The van der Waals surface area contributed by atoms with Gasteiger partial charge in [-0.05, 0) is 17.7 Å². The molecule has 0 N–H and O–H groups in total. The first kappa shape index (κ1) is 13.2. The summed E-state index contributed by atoms with van der Waals surface area (Å²) in [4.78, 5) is 13.5. The first-order valence-electron chi connectivity index (χ1n) is 4.98. The van der Waals surface area contributed by atoms with E-state index < -0.39 is 0 Å². The molecule has 0 amide bonds. The maximum atomic E-state index is 9.76. The highest BCUT2D eigenvalue weighted by molar-refractivity contribution is 6.29. The molecule has 0 aliphatic carbocycles. The van der Waals surface area contributed by atoms with Gasteiger partial charge in [-0.3, -0.25) is 4.79 Å². The van der Waals surface area contributed by atoms with Crippen molar-refractivity contribution in [1.29, 1.82) is 0 Å². The van der Waals surface area contributed by atoms with Gasteiger partial charge in [0.15, 0.2) is 0 Å². The molecule has 1 aromatic carbocycles. The van der Waals surface area contributed by atoms with Crippen molar-refractivity contribution in [1.82, 2.24) is 4.98 Å². The molecule has 3 nitrogen and oxygen atoms in total. The fraction of sp³-hybridized carbons (Fsp3) is 0.0769. The summed E-state index contributed by atoms with van der Waals surface area (Å²) >= 11 is 5.43. The summed E-state index contributed by atoms with van der Waals surface area (Å²) in [5.74, 6) is 0. The van der Waals surface area contributed by atoms with E-state index in [1.165, 1.54) is 0 Å². The minimum absolute atomic E-state index is 0.365. The van der Waals surface area contributed by atoms with Crippen molar-refractivity contribution in [3.05, 3.63) is 65.4 Å². The van der Waals surface area contributed by atoms with Gasteiger partial charge in [-0.2, -0.15) is 0 Å². The van der Waals surface area contributed by atoms with Crippen LogP contribution in [0.15, 0.2) is 54.7 Å². The number of hydrogen-bond acceptors (Lipinski definition) is 3. The number of benzene rings is 1. The summed E-state index contributed by atoms with van der Waals surface area (Å²) in [6, 6.07) is 15.0. The third-order valence-corrected chi connectivity index (χ3v) is 2.01. The number of rotatable bonds is 3. The zero-order chi connectivity index (χ0) is 12.3. The predicted molar refractivity (Wildman–Crippen MR) is 66.5 cm³/mol. The zero-order valence-electron chi connectivity index (χ0n) is 9.12. The van der Waals surface area contributed by atoms with Crippen LogP contribution >= 0.6 is 11.6 Å². The summed E-state index contributed by atoms with van der Waals surface area (Å²) in [5, 5.41) is 0.544. The quantitative estimate of drug-likeness (QED) is 0.620. The van der Waals surface area contributed by atoms with Crippen LogP contribution in [0, 0.1) is 0 Å². The van der Waals surface area contributed by atoms with E-state index in [2.05, 4.69) is 9.72 Å². The molecule has 0 aliphatic heterocycles. The topological polar surface area (TPSA) is 39.2 Å². The Hall–Kier alpha value is -1.87. The Kier molecular flexibility index (Phi) is 6.44. The highest BCUT2D eigenvalue weighted by Gasteiger charge is 1.87. The summed E-state index contributed by atoms with van der Waals surface area (Å²) in [6.07, 6.45) is 1.66. The molecule has 0 bridgehead atoms. The standard InChI is InChI=1S/C8H8O2.C5H4ClN/c9-7-10-6-8-4-2-1-3-5-8;6-5-3-1-2-4-7-5/h1-5,7H,6H2;1-4H. The van der Waals surface area contributed by atoms with Gasteiger partial charge in [0.1, 0.15) is 11.8 Å². The number of pyridine rings is 1. The molecule has 1 aromatic heterocycles. The van der Waals surface area contributed by atoms with Crippen molar-refractivity contribution in [2.24, 2.45) is 0 Å². The van der Waals surface area contributed by atoms with Crippen LogP contribution in [0.1, 0.15) is 5.56 Å². The van der Waals surface area contributed by atoms with Crippen LogP contribution in [0.2, 0.25) is 5.15 Å². The largest absolute Gasteiger partial charge is 0.463 e. The molecule has 4 heteroatoms. The van der Waals surface area contributed by atoms with Gasteiger partial charge in [0.2, 0.25) is 0 Å². The van der Waals surface area contributed by atoms with Gasteiger partial charge in [0.05, 0.1) is 0 Å². The van der Waals surface area contributed by atoms with E-state index in [4.69, 9.17) is 11.6 Å². The van der Waals surface area contributed by atoms with E-state index in [0.29, 0.717) is 18.2 Å². The Morgan fingerprint density at radius 1 is 1.12 bits per heavy atom. The molecule has 17 heavy (non-hydrogen) atoms. The molecule has 0 fully saturated rings. The van der Waals surface area contributed by atoms with Crippen molar-refractivity contribution in [3.63, 3.8) is 0 Å². The Bertz CT molecular complexity index is 420. The van der Waals surface area contributed by atoms with E-state index in [9.17, 15) is 4.79 Å². The fourth-order valence-corrected chi connectivity index (χ4v) is 1.18. The lowest BCUT2D eigenvalue weighted by molar-refractivity contribution is -0.129. The lowest BCUT2D eigenvalue weighted by Gasteiger charge is -1.95. The zero-order valence-corrected chi connectivity index (χ0v) is 9.88. The molecule has 0 saturated heterocycles. The van der Waals surface area contributed by atoms with Gasteiger partial charge in [0, 0.05) is 6.20 Å². The second-order valence-electron chi connectivity index (χ2n) is 3.05. The van der Waals surface area contributed by atoms with Crippen molar-refractivity contribution in [2.75, 3.05) is 0 Å². The van der Waals surface area contributed by atoms with Crippen LogP contribution in [0.5, 0.6) is 0 Å². The molecule has 1 heterocycles. The normalized spacial score (nSPS) is 8.76. The molecule has 88 valence electrons. The molecule has 0 saturated carbocycles. The van der Waals surface area contributed by atoms with Crippen LogP contribution in [0.4, 0.5) is 0 Å². The number of ether oxygens (including phenoxy) is 1. The number of carbonyl (C=O) groups excluding carboxylic acids is 1.